The lowest BCUT2D eigenvalue weighted by Crippen LogP contribution is -2.30. The summed E-state index contributed by atoms with van der Waals surface area (Å²) in [5, 5.41) is 3.20. The van der Waals surface area contributed by atoms with Crippen molar-refractivity contribution >= 4 is 10.0 Å². The van der Waals surface area contributed by atoms with Crippen molar-refractivity contribution in [3.63, 3.8) is 0 Å². The van der Waals surface area contributed by atoms with E-state index in [1.54, 1.807) is 0 Å². The van der Waals surface area contributed by atoms with Gasteiger partial charge in [0.15, 0.2) is 0 Å². The Hall–Kier alpha value is -0.130. The van der Waals surface area contributed by atoms with Gasteiger partial charge >= 0.3 is 0 Å². The van der Waals surface area contributed by atoms with E-state index in [0.29, 0.717) is 12.5 Å². The van der Waals surface area contributed by atoms with Crippen LogP contribution in [-0.2, 0) is 10.0 Å². The standard InChI is InChI=1S/C14H30N2O2S/c1-6-15-9-7-8-10-19(17,18)16-11-12-13(2,3)14(12,4)5/h12,15-16H,6-11H2,1-5H3. The first-order chi connectivity index (χ1) is 8.65. The maximum Gasteiger partial charge on any atom is 0.211 e. The van der Waals surface area contributed by atoms with Crippen LogP contribution in [0, 0.1) is 16.7 Å². The zero-order chi connectivity index (χ0) is 14.7. The van der Waals surface area contributed by atoms with E-state index < -0.39 is 10.0 Å². The lowest BCUT2D eigenvalue weighted by molar-refractivity contribution is 0.457. The average Bonchev–Trinajstić information content (AvgIpc) is 2.66. The summed E-state index contributed by atoms with van der Waals surface area (Å²) in [7, 11) is -3.10. The molecule has 0 atom stereocenters. The maximum absolute atomic E-state index is 11.9. The summed E-state index contributed by atoms with van der Waals surface area (Å²) in [6.07, 6.45) is 1.63. The van der Waals surface area contributed by atoms with Crippen LogP contribution in [0.1, 0.15) is 47.5 Å². The fourth-order valence-corrected chi connectivity index (χ4v) is 3.99. The van der Waals surface area contributed by atoms with Gasteiger partial charge < -0.3 is 5.32 Å². The Labute approximate surface area is 118 Å². The topological polar surface area (TPSA) is 58.2 Å². The smallest absolute Gasteiger partial charge is 0.211 e. The molecule has 0 aliphatic heterocycles. The first-order valence-electron chi connectivity index (χ1n) is 7.33. The minimum absolute atomic E-state index is 0.237. The Balaban J connectivity index is 2.25. The molecule has 114 valence electrons. The predicted molar refractivity (Wildman–Crippen MR) is 80.6 cm³/mol. The summed E-state index contributed by atoms with van der Waals surface area (Å²) in [6, 6.07) is 0. The van der Waals surface area contributed by atoms with Crippen LogP contribution in [0.15, 0.2) is 0 Å². The molecule has 0 amide bonds. The lowest BCUT2D eigenvalue weighted by Gasteiger charge is -2.08. The molecule has 5 heteroatoms. The van der Waals surface area contributed by atoms with Gasteiger partial charge in [-0.1, -0.05) is 34.6 Å². The van der Waals surface area contributed by atoms with Crippen LogP contribution < -0.4 is 10.0 Å². The number of rotatable bonds is 9. The Morgan fingerprint density at radius 3 is 2.11 bits per heavy atom. The summed E-state index contributed by atoms with van der Waals surface area (Å²) in [6.45, 7) is 13.3. The largest absolute Gasteiger partial charge is 0.317 e. The van der Waals surface area contributed by atoms with Gasteiger partial charge in [0.2, 0.25) is 10.0 Å². The highest BCUT2D eigenvalue weighted by atomic mass is 32.2. The van der Waals surface area contributed by atoms with Gasteiger partial charge in [-0.15, -0.1) is 0 Å². The average molecular weight is 290 g/mol. The number of unbranched alkanes of at least 4 members (excludes halogenated alkanes) is 1. The van der Waals surface area contributed by atoms with E-state index in [1.807, 2.05) is 0 Å². The fraction of sp³-hybridized carbons (Fsp3) is 1.00. The fourth-order valence-electron chi connectivity index (χ4n) is 2.84. The SMILES string of the molecule is CCNCCCCS(=O)(=O)NCC1C(C)(C)C1(C)C. The molecule has 0 heterocycles. The molecular weight excluding hydrogens is 260 g/mol. The molecule has 0 radical (unpaired) electrons. The minimum Gasteiger partial charge on any atom is -0.317 e. The third-order valence-electron chi connectivity index (χ3n) is 5.09. The van der Waals surface area contributed by atoms with Crippen molar-refractivity contribution in [2.45, 2.75) is 47.5 Å². The van der Waals surface area contributed by atoms with E-state index in [-0.39, 0.29) is 16.6 Å². The summed E-state index contributed by atoms with van der Waals surface area (Å²) in [5.74, 6) is 0.683. The Kier molecular flexibility index (Phi) is 5.43. The van der Waals surface area contributed by atoms with Gasteiger partial charge in [-0.05, 0) is 42.7 Å². The summed E-state index contributed by atoms with van der Waals surface area (Å²) >= 11 is 0. The molecule has 1 fully saturated rings. The van der Waals surface area contributed by atoms with Gasteiger partial charge in [0, 0.05) is 6.54 Å². The van der Waals surface area contributed by atoms with Gasteiger partial charge in [0.25, 0.3) is 0 Å². The third kappa shape index (κ3) is 4.17. The molecule has 0 aromatic rings. The maximum atomic E-state index is 11.9. The van der Waals surface area contributed by atoms with Crippen molar-refractivity contribution in [2.75, 3.05) is 25.4 Å². The number of nitrogens with one attached hydrogen (secondary N) is 2. The second-order valence-corrected chi connectivity index (χ2v) is 8.65. The first kappa shape index (κ1) is 16.9. The molecule has 4 nitrogen and oxygen atoms in total. The van der Waals surface area contributed by atoms with Crippen LogP contribution in [-0.4, -0.2) is 33.8 Å². The molecule has 19 heavy (non-hydrogen) atoms. The van der Waals surface area contributed by atoms with Crippen molar-refractivity contribution < 1.29 is 8.42 Å². The minimum atomic E-state index is -3.10. The first-order valence-corrected chi connectivity index (χ1v) is 8.98. The van der Waals surface area contributed by atoms with Crippen LogP contribution in [0.5, 0.6) is 0 Å². The molecule has 0 aromatic heterocycles. The van der Waals surface area contributed by atoms with E-state index in [4.69, 9.17) is 0 Å². The van der Waals surface area contributed by atoms with Gasteiger partial charge in [-0.3, -0.25) is 0 Å². The van der Waals surface area contributed by atoms with Crippen molar-refractivity contribution in [2.24, 2.45) is 16.7 Å². The van der Waals surface area contributed by atoms with Crippen LogP contribution in [0.25, 0.3) is 0 Å². The van der Waals surface area contributed by atoms with E-state index in [1.165, 1.54) is 0 Å². The molecule has 0 unspecified atom stereocenters. The van der Waals surface area contributed by atoms with Gasteiger partial charge in [-0.25, -0.2) is 13.1 Å². The third-order valence-corrected chi connectivity index (χ3v) is 6.53. The van der Waals surface area contributed by atoms with E-state index in [0.717, 1.165) is 25.9 Å². The number of hydrogen-bond donors (Lipinski definition) is 2. The van der Waals surface area contributed by atoms with Gasteiger partial charge in [0.05, 0.1) is 5.75 Å². The highest BCUT2D eigenvalue weighted by molar-refractivity contribution is 7.89. The summed E-state index contributed by atoms with van der Waals surface area (Å²) in [4.78, 5) is 0. The highest BCUT2D eigenvalue weighted by Gasteiger charge is 2.64. The van der Waals surface area contributed by atoms with Gasteiger partial charge in [0.1, 0.15) is 0 Å². The molecule has 2 N–H and O–H groups in total. The quantitative estimate of drug-likeness (QED) is 0.638. The van der Waals surface area contributed by atoms with E-state index in [2.05, 4.69) is 44.7 Å². The molecule has 0 bridgehead atoms. The van der Waals surface area contributed by atoms with Crippen LogP contribution in [0.4, 0.5) is 0 Å². The predicted octanol–water partition coefficient (Wildman–Crippen LogP) is 1.98. The number of sulfonamides is 1. The van der Waals surface area contributed by atoms with E-state index >= 15 is 0 Å². The molecule has 0 spiro atoms. The van der Waals surface area contributed by atoms with Crippen molar-refractivity contribution in [3.8, 4) is 0 Å². The monoisotopic (exact) mass is 290 g/mol. The molecular formula is C14H30N2O2S. The van der Waals surface area contributed by atoms with Gasteiger partial charge in [-0.2, -0.15) is 0 Å². The second-order valence-electron chi connectivity index (χ2n) is 6.72. The lowest BCUT2D eigenvalue weighted by atomic mass is 10.0. The zero-order valence-electron chi connectivity index (χ0n) is 13.0. The highest BCUT2D eigenvalue weighted by Crippen LogP contribution is 2.67. The van der Waals surface area contributed by atoms with Crippen molar-refractivity contribution in [1.82, 2.24) is 10.0 Å². The molecule has 1 aliphatic rings. The number of hydrogen-bond acceptors (Lipinski definition) is 3. The van der Waals surface area contributed by atoms with Crippen LogP contribution in [0.3, 0.4) is 0 Å². The molecule has 1 saturated carbocycles. The zero-order valence-corrected chi connectivity index (χ0v) is 13.9. The Morgan fingerprint density at radius 2 is 1.63 bits per heavy atom. The molecule has 1 aliphatic carbocycles. The summed E-state index contributed by atoms with van der Waals surface area (Å²) in [5.41, 5.74) is 0.473. The Morgan fingerprint density at radius 1 is 1.05 bits per heavy atom. The van der Waals surface area contributed by atoms with Crippen LogP contribution >= 0.6 is 0 Å². The molecule has 0 saturated heterocycles. The molecule has 0 aromatic carbocycles. The van der Waals surface area contributed by atoms with E-state index in [9.17, 15) is 8.42 Å². The van der Waals surface area contributed by atoms with Crippen molar-refractivity contribution in [1.29, 1.82) is 0 Å². The Bertz CT molecular complexity index is 374. The summed E-state index contributed by atoms with van der Waals surface area (Å²) < 4.78 is 26.5. The van der Waals surface area contributed by atoms with Crippen molar-refractivity contribution in [3.05, 3.63) is 0 Å². The molecule has 1 rings (SSSR count). The van der Waals surface area contributed by atoms with Crippen LogP contribution in [0.2, 0.25) is 0 Å². The normalized spacial score (nSPS) is 21.5. The second kappa shape index (κ2) is 6.10.